The molecule has 0 saturated heterocycles. The smallest absolute Gasteiger partial charge is 0.105 e. The van der Waals surface area contributed by atoms with Crippen molar-refractivity contribution in [2.75, 3.05) is 17.5 Å². The molecule has 0 spiro atoms. The van der Waals surface area contributed by atoms with Gasteiger partial charge in [-0.3, -0.25) is 9.97 Å². The molecule has 0 unspecified atom stereocenters. The number of hydrogen-bond donors (Lipinski definition) is 1. The highest BCUT2D eigenvalue weighted by molar-refractivity contribution is 5.97. The zero-order valence-corrected chi connectivity index (χ0v) is 14.8. The Hall–Kier alpha value is -3.54. The molecule has 0 radical (unpaired) electrons. The number of hydrogen-bond acceptors (Lipinski definition) is 6. The molecule has 0 aliphatic carbocycles. The van der Waals surface area contributed by atoms with Gasteiger partial charge in [-0.1, -0.05) is 18.2 Å². The van der Waals surface area contributed by atoms with Gasteiger partial charge in [-0.15, -0.1) is 0 Å². The molecule has 0 bridgehead atoms. The molecule has 0 amide bonds. The van der Waals surface area contributed by atoms with Gasteiger partial charge in [0.2, 0.25) is 0 Å². The van der Waals surface area contributed by atoms with Crippen molar-refractivity contribution in [3.63, 3.8) is 0 Å². The average Bonchev–Trinajstić information content (AvgIpc) is 2.72. The first-order valence-electron chi connectivity index (χ1n) is 8.18. The third kappa shape index (κ3) is 3.92. The molecule has 0 aliphatic heterocycles. The van der Waals surface area contributed by atoms with E-state index in [4.69, 9.17) is 0 Å². The molecule has 1 N–H and O–H groups in total. The van der Waals surface area contributed by atoms with Crippen LogP contribution < -0.4 is 10.4 Å². The highest BCUT2D eigenvalue weighted by Crippen LogP contribution is 2.25. The number of rotatable bonds is 6. The Kier molecular flexibility index (Phi) is 5.34. The van der Waals surface area contributed by atoms with Gasteiger partial charge in [0.1, 0.15) is 5.69 Å². The second kappa shape index (κ2) is 8.02. The molecule has 2 aromatic heterocycles. The normalized spacial score (nSPS) is 11.1. The summed E-state index contributed by atoms with van der Waals surface area (Å²) in [7, 11) is 1.90. The van der Waals surface area contributed by atoms with Crippen LogP contribution in [0.25, 0.3) is 11.1 Å². The molecule has 26 heavy (non-hydrogen) atoms. The van der Waals surface area contributed by atoms with Crippen molar-refractivity contribution in [2.45, 2.75) is 6.92 Å². The van der Waals surface area contributed by atoms with Crippen LogP contribution in [0.3, 0.4) is 0 Å². The van der Waals surface area contributed by atoms with Crippen molar-refractivity contribution in [1.82, 2.24) is 9.97 Å². The van der Waals surface area contributed by atoms with Crippen LogP contribution in [-0.4, -0.2) is 29.4 Å². The van der Waals surface area contributed by atoms with E-state index in [1.54, 1.807) is 12.4 Å². The lowest BCUT2D eigenvalue weighted by Crippen LogP contribution is -2.12. The summed E-state index contributed by atoms with van der Waals surface area (Å²) in [6.07, 6.45) is 5.25. The van der Waals surface area contributed by atoms with E-state index >= 15 is 0 Å². The summed E-state index contributed by atoms with van der Waals surface area (Å²) in [4.78, 5) is 8.62. The minimum absolute atomic E-state index is 0.727. The Morgan fingerprint density at radius 2 is 1.88 bits per heavy atom. The standard InChI is InChI=1S/C20H20N6/c1-15(20-6-4-5-11-24-20)25-26(22-3)19-12-17(13-23-14-19)16-7-9-18(21-2)10-8-16/h4-14,21H,3H2,1-2H3/b25-15+. The number of aromatic nitrogens is 2. The highest BCUT2D eigenvalue weighted by Gasteiger charge is 2.08. The van der Waals surface area contributed by atoms with Crippen LogP contribution in [0.2, 0.25) is 0 Å². The summed E-state index contributed by atoms with van der Waals surface area (Å²) in [6, 6.07) is 15.8. The van der Waals surface area contributed by atoms with Crippen molar-refractivity contribution >= 4 is 23.8 Å². The van der Waals surface area contributed by atoms with E-state index in [2.05, 4.69) is 32.2 Å². The van der Waals surface area contributed by atoms with E-state index in [1.165, 1.54) is 5.12 Å². The molecule has 0 saturated carbocycles. The second-order valence-electron chi connectivity index (χ2n) is 5.59. The lowest BCUT2D eigenvalue weighted by molar-refractivity contribution is 0.926. The maximum Gasteiger partial charge on any atom is 0.105 e. The molecule has 3 aromatic rings. The summed E-state index contributed by atoms with van der Waals surface area (Å²) in [5.74, 6) is 0. The van der Waals surface area contributed by atoms with Crippen LogP contribution in [0.1, 0.15) is 12.6 Å². The third-order valence-electron chi connectivity index (χ3n) is 3.88. The predicted octanol–water partition coefficient (Wildman–Crippen LogP) is 4.03. The topological polar surface area (TPSA) is 65.8 Å². The van der Waals surface area contributed by atoms with Crippen LogP contribution in [-0.2, 0) is 0 Å². The summed E-state index contributed by atoms with van der Waals surface area (Å²) in [5, 5.41) is 13.1. The quantitative estimate of drug-likeness (QED) is 0.541. The second-order valence-corrected chi connectivity index (χ2v) is 5.59. The molecule has 2 heterocycles. The van der Waals surface area contributed by atoms with E-state index in [0.29, 0.717) is 0 Å². The summed E-state index contributed by atoms with van der Waals surface area (Å²) >= 11 is 0. The first-order chi connectivity index (χ1) is 12.7. The van der Waals surface area contributed by atoms with Crippen LogP contribution in [0.5, 0.6) is 0 Å². The van der Waals surface area contributed by atoms with Crippen molar-refractivity contribution < 1.29 is 0 Å². The molecule has 3 rings (SSSR count). The van der Waals surface area contributed by atoms with Gasteiger partial charge in [-0.25, -0.2) is 0 Å². The molecule has 130 valence electrons. The number of nitrogens with one attached hydrogen (secondary N) is 1. The van der Waals surface area contributed by atoms with Crippen molar-refractivity contribution in [3.8, 4) is 11.1 Å². The van der Waals surface area contributed by atoms with Gasteiger partial charge in [0, 0.05) is 37.4 Å². The van der Waals surface area contributed by atoms with Crippen LogP contribution in [0, 0.1) is 0 Å². The largest absolute Gasteiger partial charge is 0.388 e. The zero-order valence-electron chi connectivity index (χ0n) is 14.8. The van der Waals surface area contributed by atoms with E-state index in [9.17, 15) is 0 Å². The van der Waals surface area contributed by atoms with Crippen LogP contribution in [0.4, 0.5) is 11.4 Å². The fourth-order valence-electron chi connectivity index (χ4n) is 2.47. The molecular formula is C20H20N6. The lowest BCUT2D eigenvalue weighted by Gasteiger charge is -2.14. The molecule has 0 aliphatic rings. The van der Waals surface area contributed by atoms with Gasteiger partial charge in [-0.05, 0) is 42.8 Å². The summed E-state index contributed by atoms with van der Waals surface area (Å²) < 4.78 is 0. The van der Waals surface area contributed by atoms with E-state index < -0.39 is 0 Å². The number of benzene rings is 1. The van der Waals surface area contributed by atoms with Crippen molar-refractivity contribution in [3.05, 3.63) is 72.8 Å². The summed E-state index contributed by atoms with van der Waals surface area (Å²) in [6.45, 7) is 5.50. The van der Waals surface area contributed by atoms with Gasteiger partial charge in [0.25, 0.3) is 0 Å². The van der Waals surface area contributed by atoms with Gasteiger partial charge in [-0.2, -0.15) is 15.3 Å². The van der Waals surface area contributed by atoms with Crippen molar-refractivity contribution in [1.29, 1.82) is 0 Å². The number of hydrazone groups is 2. The van der Waals surface area contributed by atoms with E-state index in [1.807, 2.05) is 68.7 Å². The third-order valence-corrected chi connectivity index (χ3v) is 3.88. The van der Waals surface area contributed by atoms with Crippen molar-refractivity contribution in [2.24, 2.45) is 10.2 Å². The number of pyridine rings is 2. The first-order valence-corrected chi connectivity index (χ1v) is 8.18. The van der Waals surface area contributed by atoms with Crippen LogP contribution >= 0.6 is 0 Å². The fraction of sp³-hybridized carbons (Fsp3) is 0.100. The minimum Gasteiger partial charge on any atom is -0.388 e. The highest BCUT2D eigenvalue weighted by atomic mass is 15.7. The fourth-order valence-corrected chi connectivity index (χ4v) is 2.47. The Morgan fingerprint density at radius 1 is 1.08 bits per heavy atom. The number of nitrogens with zero attached hydrogens (tertiary/aromatic N) is 5. The number of anilines is 2. The molecule has 6 nitrogen and oxygen atoms in total. The zero-order chi connectivity index (χ0) is 18.4. The molecule has 0 atom stereocenters. The first kappa shape index (κ1) is 17.3. The van der Waals surface area contributed by atoms with Gasteiger partial charge >= 0.3 is 0 Å². The monoisotopic (exact) mass is 344 g/mol. The van der Waals surface area contributed by atoms with E-state index in [0.717, 1.165) is 33.9 Å². The van der Waals surface area contributed by atoms with Crippen LogP contribution in [0.15, 0.2) is 77.3 Å². The predicted molar refractivity (Wildman–Crippen MR) is 108 cm³/mol. The lowest BCUT2D eigenvalue weighted by atomic mass is 10.1. The Morgan fingerprint density at radius 3 is 2.54 bits per heavy atom. The Labute approximate surface area is 152 Å². The van der Waals surface area contributed by atoms with Gasteiger partial charge < -0.3 is 5.32 Å². The maximum atomic E-state index is 4.51. The molecule has 1 aromatic carbocycles. The summed E-state index contributed by atoms with van der Waals surface area (Å²) in [5.41, 5.74) is 5.35. The Balaban J connectivity index is 1.91. The van der Waals surface area contributed by atoms with E-state index in [-0.39, 0.29) is 0 Å². The molecular weight excluding hydrogens is 324 g/mol. The molecule has 6 heteroatoms. The SMILES string of the molecule is C=NN(/N=C(\C)c1ccccn1)c1cncc(-c2ccc(NC)cc2)c1. The van der Waals surface area contributed by atoms with Gasteiger partial charge in [0.15, 0.2) is 0 Å². The minimum atomic E-state index is 0.727. The van der Waals surface area contributed by atoms with Gasteiger partial charge in [0.05, 0.1) is 17.6 Å². The Bertz CT molecular complexity index is 903. The maximum absolute atomic E-state index is 4.51. The molecule has 0 fully saturated rings. The average molecular weight is 344 g/mol.